The fourth-order valence-corrected chi connectivity index (χ4v) is 2.24. The molecule has 7 nitrogen and oxygen atoms in total. The SMILES string of the molecule is O=c1[nH]nc(NC2C3CNCC32)c(=O)[nH]1. The Morgan fingerprint density at radius 2 is 2.00 bits per heavy atom. The van der Waals surface area contributed by atoms with Crippen LogP contribution in [0.1, 0.15) is 0 Å². The summed E-state index contributed by atoms with van der Waals surface area (Å²) in [6, 6.07) is 0.325. The topological polar surface area (TPSA) is 103 Å². The second kappa shape index (κ2) is 2.93. The highest BCUT2D eigenvalue weighted by Crippen LogP contribution is 2.42. The minimum Gasteiger partial charge on any atom is -0.361 e. The van der Waals surface area contributed by atoms with Crippen molar-refractivity contribution in [2.24, 2.45) is 11.8 Å². The molecule has 2 atom stereocenters. The molecule has 1 aliphatic heterocycles. The van der Waals surface area contributed by atoms with Crippen LogP contribution >= 0.6 is 0 Å². The first-order valence-corrected chi connectivity index (χ1v) is 4.92. The van der Waals surface area contributed by atoms with Crippen molar-refractivity contribution in [1.29, 1.82) is 0 Å². The van der Waals surface area contributed by atoms with Gasteiger partial charge in [-0.25, -0.2) is 9.89 Å². The maximum absolute atomic E-state index is 11.3. The van der Waals surface area contributed by atoms with Gasteiger partial charge < -0.3 is 10.6 Å². The van der Waals surface area contributed by atoms with Crippen molar-refractivity contribution in [2.75, 3.05) is 18.4 Å². The second-order valence-electron chi connectivity index (χ2n) is 4.01. The highest BCUT2D eigenvalue weighted by Gasteiger charge is 2.53. The lowest BCUT2D eigenvalue weighted by Gasteiger charge is -2.05. The number of fused-ring (bicyclic) bond motifs is 1. The van der Waals surface area contributed by atoms with Crippen LogP contribution in [0.3, 0.4) is 0 Å². The minimum atomic E-state index is -0.580. The molecular weight excluding hydrogens is 198 g/mol. The van der Waals surface area contributed by atoms with Gasteiger partial charge in [0.05, 0.1) is 0 Å². The summed E-state index contributed by atoms with van der Waals surface area (Å²) in [6.45, 7) is 1.98. The fraction of sp³-hybridized carbons (Fsp3) is 0.625. The molecule has 3 rings (SSSR count). The number of anilines is 1. The van der Waals surface area contributed by atoms with E-state index in [1.807, 2.05) is 0 Å². The minimum absolute atomic E-state index is 0.203. The van der Waals surface area contributed by atoms with E-state index in [1.54, 1.807) is 0 Å². The van der Waals surface area contributed by atoms with Crippen molar-refractivity contribution in [3.8, 4) is 0 Å². The third-order valence-corrected chi connectivity index (χ3v) is 3.11. The number of nitrogens with zero attached hydrogens (tertiary/aromatic N) is 1. The molecule has 15 heavy (non-hydrogen) atoms. The first-order chi connectivity index (χ1) is 7.25. The third kappa shape index (κ3) is 1.35. The molecule has 4 N–H and O–H groups in total. The molecule has 0 aromatic carbocycles. The molecule has 1 aromatic rings. The molecule has 0 spiro atoms. The Morgan fingerprint density at radius 3 is 2.67 bits per heavy atom. The van der Waals surface area contributed by atoms with Crippen LogP contribution in [0, 0.1) is 11.8 Å². The quantitative estimate of drug-likeness (QED) is 0.455. The summed E-state index contributed by atoms with van der Waals surface area (Å²) in [5.41, 5.74) is -1.04. The van der Waals surface area contributed by atoms with E-state index in [4.69, 9.17) is 0 Å². The molecule has 1 saturated carbocycles. The van der Waals surface area contributed by atoms with E-state index < -0.39 is 11.2 Å². The van der Waals surface area contributed by atoms with Gasteiger partial charge in [0.15, 0.2) is 0 Å². The van der Waals surface area contributed by atoms with Gasteiger partial charge in [0.25, 0.3) is 5.56 Å². The molecule has 2 unspecified atom stereocenters. The molecule has 1 aromatic heterocycles. The van der Waals surface area contributed by atoms with Crippen molar-refractivity contribution >= 4 is 5.82 Å². The summed E-state index contributed by atoms with van der Waals surface area (Å²) in [4.78, 5) is 24.2. The molecule has 2 heterocycles. The maximum Gasteiger partial charge on any atom is 0.342 e. The number of hydrogen-bond acceptors (Lipinski definition) is 5. The number of aromatic nitrogens is 3. The summed E-state index contributed by atoms with van der Waals surface area (Å²) < 4.78 is 0. The van der Waals surface area contributed by atoms with Gasteiger partial charge in [0, 0.05) is 19.1 Å². The van der Waals surface area contributed by atoms with E-state index in [9.17, 15) is 9.59 Å². The number of nitrogens with one attached hydrogen (secondary N) is 4. The van der Waals surface area contributed by atoms with Gasteiger partial charge in [-0.2, -0.15) is 0 Å². The highest BCUT2D eigenvalue weighted by atomic mass is 16.2. The fourth-order valence-electron chi connectivity index (χ4n) is 2.24. The summed E-state index contributed by atoms with van der Waals surface area (Å²) in [7, 11) is 0. The van der Waals surface area contributed by atoms with Gasteiger partial charge in [-0.15, -0.1) is 5.10 Å². The monoisotopic (exact) mass is 209 g/mol. The molecule has 2 fully saturated rings. The van der Waals surface area contributed by atoms with Crippen LogP contribution in [0.5, 0.6) is 0 Å². The molecule has 1 aliphatic carbocycles. The van der Waals surface area contributed by atoms with Crippen LogP contribution < -0.4 is 21.9 Å². The van der Waals surface area contributed by atoms with E-state index in [1.165, 1.54) is 0 Å². The number of hydrogen-bond donors (Lipinski definition) is 4. The predicted molar refractivity (Wildman–Crippen MR) is 52.7 cm³/mol. The Bertz CT molecular complexity index is 482. The van der Waals surface area contributed by atoms with Gasteiger partial charge >= 0.3 is 5.69 Å². The van der Waals surface area contributed by atoms with Crippen molar-refractivity contribution in [3.05, 3.63) is 20.8 Å². The van der Waals surface area contributed by atoms with Crippen molar-refractivity contribution in [3.63, 3.8) is 0 Å². The van der Waals surface area contributed by atoms with Crippen LogP contribution in [0.4, 0.5) is 5.82 Å². The smallest absolute Gasteiger partial charge is 0.342 e. The lowest BCUT2D eigenvalue weighted by atomic mass is 10.4. The molecule has 2 aliphatic rings. The Morgan fingerprint density at radius 1 is 1.27 bits per heavy atom. The lowest BCUT2D eigenvalue weighted by Crippen LogP contribution is -2.30. The Hall–Kier alpha value is -1.63. The molecular formula is C8H11N5O2. The lowest BCUT2D eigenvalue weighted by molar-refractivity contribution is 0.692. The largest absolute Gasteiger partial charge is 0.361 e. The molecule has 1 saturated heterocycles. The van der Waals surface area contributed by atoms with Crippen LogP contribution in [0.2, 0.25) is 0 Å². The summed E-state index contributed by atoms with van der Waals surface area (Å²) in [5.74, 6) is 1.39. The number of piperidine rings is 1. The highest BCUT2D eigenvalue weighted by molar-refractivity contribution is 5.35. The molecule has 0 amide bonds. The van der Waals surface area contributed by atoms with Gasteiger partial charge in [0.1, 0.15) is 0 Å². The van der Waals surface area contributed by atoms with E-state index in [0.717, 1.165) is 13.1 Å². The third-order valence-electron chi connectivity index (χ3n) is 3.11. The summed E-state index contributed by atoms with van der Waals surface area (Å²) in [5, 5.41) is 12.2. The summed E-state index contributed by atoms with van der Waals surface area (Å²) >= 11 is 0. The van der Waals surface area contributed by atoms with Gasteiger partial charge in [-0.3, -0.25) is 9.78 Å². The number of aromatic amines is 2. The van der Waals surface area contributed by atoms with Gasteiger partial charge in [0.2, 0.25) is 5.82 Å². The van der Waals surface area contributed by atoms with E-state index >= 15 is 0 Å². The number of rotatable bonds is 2. The standard InChI is InChI=1S/C8H11N5O2/c14-7-6(12-13-8(15)11-7)10-5-3-1-9-2-4(3)5/h3-5,9H,1-2H2,(H,10,12)(H2,11,13,14,15). The molecule has 7 heteroatoms. The molecule has 80 valence electrons. The second-order valence-corrected chi connectivity index (χ2v) is 4.01. The van der Waals surface area contributed by atoms with Crippen LogP contribution in [-0.4, -0.2) is 34.3 Å². The molecule has 0 radical (unpaired) electrons. The zero-order valence-electron chi connectivity index (χ0n) is 7.91. The normalized spacial score (nSPS) is 32.4. The average molecular weight is 209 g/mol. The Kier molecular flexibility index (Phi) is 1.69. The first-order valence-electron chi connectivity index (χ1n) is 4.92. The van der Waals surface area contributed by atoms with E-state index in [-0.39, 0.29) is 5.82 Å². The van der Waals surface area contributed by atoms with Crippen molar-refractivity contribution < 1.29 is 0 Å². The van der Waals surface area contributed by atoms with Gasteiger partial charge in [-0.1, -0.05) is 0 Å². The Balaban J connectivity index is 1.78. The van der Waals surface area contributed by atoms with Crippen LogP contribution in [-0.2, 0) is 0 Å². The van der Waals surface area contributed by atoms with E-state index in [0.29, 0.717) is 17.9 Å². The first kappa shape index (κ1) is 8.66. The number of H-pyrrole nitrogens is 2. The molecule has 0 bridgehead atoms. The van der Waals surface area contributed by atoms with Crippen molar-refractivity contribution in [2.45, 2.75) is 6.04 Å². The maximum atomic E-state index is 11.3. The Labute approximate surface area is 84.3 Å². The van der Waals surface area contributed by atoms with Crippen LogP contribution in [0.15, 0.2) is 9.59 Å². The van der Waals surface area contributed by atoms with Crippen LogP contribution in [0.25, 0.3) is 0 Å². The zero-order valence-corrected chi connectivity index (χ0v) is 7.91. The van der Waals surface area contributed by atoms with E-state index in [2.05, 4.69) is 25.8 Å². The average Bonchev–Trinajstić information content (AvgIpc) is 2.66. The zero-order chi connectivity index (χ0) is 10.4. The van der Waals surface area contributed by atoms with Gasteiger partial charge in [-0.05, 0) is 11.8 Å². The summed E-state index contributed by atoms with van der Waals surface area (Å²) in [6.07, 6.45) is 0. The predicted octanol–water partition coefficient (Wildman–Crippen LogP) is -1.91. The van der Waals surface area contributed by atoms with Crippen molar-refractivity contribution in [1.82, 2.24) is 20.5 Å².